The van der Waals surface area contributed by atoms with Crippen molar-refractivity contribution in [1.29, 1.82) is 10.5 Å². The maximum absolute atomic E-state index is 9.10. The zero-order valence-electron chi connectivity index (χ0n) is 6.77. The third-order valence-electron chi connectivity index (χ3n) is 4.23. The van der Waals surface area contributed by atoms with Crippen LogP contribution < -0.4 is 0 Å². The second kappa shape index (κ2) is 1.41. The van der Waals surface area contributed by atoms with Gasteiger partial charge in [-0.05, 0) is 0 Å². The van der Waals surface area contributed by atoms with E-state index in [1.807, 2.05) is 6.08 Å². The Morgan fingerprint density at radius 1 is 1.46 bits per heavy atom. The van der Waals surface area contributed by atoms with Gasteiger partial charge in [-0.2, -0.15) is 10.5 Å². The lowest BCUT2D eigenvalue weighted by Crippen LogP contribution is -2.13. The van der Waals surface area contributed by atoms with Gasteiger partial charge >= 0.3 is 0 Å². The normalized spacial score (nSPS) is 62.9. The molecule has 6 atom stereocenters. The van der Waals surface area contributed by atoms with Crippen LogP contribution in [-0.4, -0.2) is 12.2 Å². The SMILES string of the molecule is N#CC1=CC2C3OC4C(C13)C24C#N. The Kier molecular flexibility index (Phi) is 0.669. The third kappa shape index (κ3) is 0.354. The van der Waals surface area contributed by atoms with Gasteiger partial charge in [0, 0.05) is 23.3 Å². The monoisotopic (exact) mass is 170 g/mol. The molecule has 3 heteroatoms. The predicted molar refractivity (Wildman–Crippen MR) is 40.9 cm³/mol. The van der Waals surface area contributed by atoms with Crippen molar-refractivity contribution in [3.05, 3.63) is 11.6 Å². The lowest BCUT2D eigenvalue weighted by Gasteiger charge is -2.07. The van der Waals surface area contributed by atoms with Crippen molar-refractivity contribution in [2.24, 2.45) is 23.2 Å². The molecule has 13 heavy (non-hydrogen) atoms. The van der Waals surface area contributed by atoms with E-state index in [2.05, 4.69) is 12.1 Å². The van der Waals surface area contributed by atoms with Gasteiger partial charge < -0.3 is 4.74 Å². The summed E-state index contributed by atoms with van der Waals surface area (Å²) in [5.74, 6) is 0.846. The Balaban J connectivity index is 1.96. The van der Waals surface area contributed by atoms with Crippen LogP contribution in [0.3, 0.4) is 0 Å². The van der Waals surface area contributed by atoms with Gasteiger partial charge in [0.1, 0.15) is 0 Å². The molecule has 6 bridgehead atoms. The van der Waals surface area contributed by atoms with Gasteiger partial charge in [0.15, 0.2) is 0 Å². The highest BCUT2D eigenvalue weighted by atomic mass is 16.5. The van der Waals surface area contributed by atoms with Gasteiger partial charge in [-0.3, -0.25) is 0 Å². The fraction of sp³-hybridized carbons (Fsp3) is 0.600. The first-order chi connectivity index (χ1) is 6.34. The van der Waals surface area contributed by atoms with Crippen LogP contribution in [0.4, 0.5) is 0 Å². The van der Waals surface area contributed by atoms with Gasteiger partial charge in [-0.25, -0.2) is 0 Å². The maximum atomic E-state index is 9.10. The van der Waals surface area contributed by atoms with Crippen molar-refractivity contribution in [3.63, 3.8) is 0 Å². The molecular formula is C10H6N2O. The largest absolute Gasteiger partial charge is 0.372 e. The van der Waals surface area contributed by atoms with Crippen molar-refractivity contribution in [3.8, 4) is 12.1 Å². The van der Waals surface area contributed by atoms with E-state index in [0.717, 1.165) is 5.57 Å². The number of nitrogens with zero attached hydrogens (tertiary/aromatic N) is 2. The molecule has 2 heterocycles. The lowest BCUT2D eigenvalue weighted by molar-refractivity contribution is 0.0981. The maximum Gasteiger partial charge on any atom is 0.0986 e. The first-order valence-corrected chi connectivity index (χ1v) is 4.53. The van der Waals surface area contributed by atoms with Gasteiger partial charge in [-0.15, -0.1) is 0 Å². The molecule has 0 spiro atoms. The molecule has 2 aliphatic heterocycles. The number of ether oxygens (including phenoxy) is 1. The molecule has 0 N–H and O–H groups in total. The lowest BCUT2D eigenvalue weighted by atomic mass is 9.90. The summed E-state index contributed by atoms with van der Waals surface area (Å²) in [4.78, 5) is 0. The van der Waals surface area contributed by atoms with Crippen LogP contribution in [0.1, 0.15) is 0 Å². The highest BCUT2D eigenvalue weighted by Gasteiger charge is 2.88. The molecule has 5 rings (SSSR count). The van der Waals surface area contributed by atoms with Crippen molar-refractivity contribution in [2.75, 3.05) is 0 Å². The van der Waals surface area contributed by atoms with Crippen molar-refractivity contribution in [2.45, 2.75) is 12.2 Å². The first kappa shape index (κ1) is 6.18. The van der Waals surface area contributed by atoms with E-state index in [1.165, 1.54) is 0 Å². The van der Waals surface area contributed by atoms with Crippen LogP contribution in [0.2, 0.25) is 0 Å². The Bertz CT molecular complexity index is 441. The molecule has 2 saturated heterocycles. The molecule has 0 aromatic carbocycles. The Morgan fingerprint density at radius 3 is 2.92 bits per heavy atom. The summed E-state index contributed by atoms with van der Waals surface area (Å²) in [6.45, 7) is 0. The van der Waals surface area contributed by atoms with E-state index in [4.69, 9.17) is 15.3 Å². The molecule has 0 radical (unpaired) electrons. The second-order valence-corrected chi connectivity index (χ2v) is 4.38. The van der Waals surface area contributed by atoms with E-state index >= 15 is 0 Å². The summed E-state index contributed by atoms with van der Waals surface area (Å²) in [5, 5.41) is 18.0. The zero-order chi connectivity index (χ0) is 8.79. The first-order valence-electron chi connectivity index (χ1n) is 4.53. The van der Waals surface area contributed by atoms with E-state index in [9.17, 15) is 0 Å². The summed E-state index contributed by atoms with van der Waals surface area (Å²) in [6, 6.07) is 4.63. The number of rotatable bonds is 0. The van der Waals surface area contributed by atoms with Crippen molar-refractivity contribution in [1.82, 2.24) is 0 Å². The number of hydrogen-bond acceptors (Lipinski definition) is 3. The van der Waals surface area contributed by atoms with E-state index in [-0.39, 0.29) is 29.5 Å². The molecule has 3 aliphatic carbocycles. The van der Waals surface area contributed by atoms with Crippen molar-refractivity contribution < 1.29 is 4.74 Å². The summed E-state index contributed by atoms with van der Waals surface area (Å²) in [5.41, 5.74) is 0.654. The molecule has 5 aliphatic rings. The topological polar surface area (TPSA) is 56.8 Å². The smallest absolute Gasteiger partial charge is 0.0986 e. The molecule has 0 amide bonds. The molecular weight excluding hydrogens is 164 g/mol. The molecule has 4 fully saturated rings. The van der Waals surface area contributed by atoms with Gasteiger partial charge in [-0.1, -0.05) is 6.08 Å². The molecule has 62 valence electrons. The predicted octanol–water partition coefficient (Wildman–Crippen LogP) is 0.603. The van der Waals surface area contributed by atoms with Gasteiger partial charge in [0.05, 0.1) is 29.8 Å². The highest BCUT2D eigenvalue weighted by Crippen LogP contribution is 2.80. The third-order valence-corrected chi connectivity index (χ3v) is 4.23. The van der Waals surface area contributed by atoms with Gasteiger partial charge in [0.25, 0.3) is 0 Å². The summed E-state index contributed by atoms with van der Waals surface area (Å²) in [6.07, 6.45) is 2.30. The fourth-order valence-corrected chi connectivity index (χ4v) is 3.77. The Hall–Kier alpha value is -1.32. The highest BCUT2D eigenvalue weighted by molar-refractivity contribution is 5.52. The van der Waals surface area contributed by atoms with Crippen molar-refractivity contribution >= 4 is 0 Å². The molecule has 0 aromatic rings. The van der Waals surface area contributed by atoms with Crippen LogP contribution in [0.25, 0.3) is 0 Å². The number of hydrogen-bond donors (Lipinski definition) is 0. The summed E-state index contributed by atoms with van der Waals surface area (Å²) < 4.78 is 5.70. The molecule has 2 saturated carbocycles. The van der Waals surface area contributed by atoms with Crippen LogP contribution in [0, 0.1) is 45.8 Å². The minimum Gasteiger partial charge on any atom is -0.372 e. The molecule has 6 unspecified atom stereocenters. The minimum absolute atomic E-state index is 0.152. The van der Waals surface area contributed by atoms with Crippen LogP contribution in [-0.2, 0) is 4.74 Å². The summed E-state index contributed by atoms with van der Waals surface area (Å²) >= 11 is 0. The average Bonchev–Trinajstić information content (AvgIpc) is 2.58. The van der Waals surface area contributed by atoms with Crippen LogP contribution >= 0.6 is 0 Å². The van der Waals surface area contributed by atoms with E-state index in [1.54, 1.807) is 0 Å². The van der Waals surface area contributed by atoms with Crippen LogP contribution in [0.5, 0.6) is 0 Å². The number of nitriles is 2. The van der Waals surface area contributed by atoms with E-state index in [0.29, 0.717) is 5.92 Å². The van der Waals surface area contributed by atoms with E-state index < -0.39 is 0 Å². The standard InChI is InChI=1S/C10H6N2O/c11-2-4-1-5-8-6(4)7-9(13-8)10(5,7)3-12/h1,5-9H. The second-order valence-electron chi connectivity index (χ2n) is 4.38. The Labute approximate surface area is 75.2 Å². The minimum atomic E-state index is -0.213. The Morgan fingerprint density at radius 2 is 2.31 bits per heavy atom. The van der Waals surface area contributed by atoms with Crippen LogP contribution in [0.15, 0.2) is 11.6 Å². The average molecular weight is 170 g/mol. The quantitative estimate of drug-likeness (QED) is 0.535. The van der Waals surface area contributed by atoms with Gasteiger partial charge in [0.2, 0.25) is 0 Å². The fourth-order valence-electron chi connectivity index (χ4n) is 3.77. The molecule has 3 nitrogen and oxygen atoms in total. The zero-order valence-corrected chi connectivity index (χ0v) is 6.77. The summed E-state index contributed by atoms with van der Waals surface area (Å²) in [7, 11) is 0. The molecule has 0 aromatic heterocycles.